The number of nitrogens with zero attached hydrogens (tertiary/aromatic N) is 2. The molecular weight excluding hydrogens is 327 g/mol. The molecule has 0 atom stereocenters. The van der Waals surface area contributed by atoms with E-state index in [0.717, 1.165) is 0 Å². The van der Waals surface area contributed by atoms with Crippen LogP contribution in [0.5, 0.6) is 0 Å². The van der Waals surface area contributed by atoms with Crippen LogP contribution in [0.4, 0.5) is 0 Å². The maximum absolute atomic E-state index is 6.03. The molecule has 5 nitrogen and oxygen atoms in total. The molecule has 1 aromatic carbocycles. The summed E-state index contributed by atoms with van der Waals surface area (Å²) in [5.74, 6) is 1.14. The van der Waals surface area contributed by atoms with E-state index in [0.29, 0.717) is 32.8 Å². The van der Waals surface area contributed by atoms with E-state index in [1.54, 1.807) is 42.7 Å². The van der Waals surface area contributed by atoms with Crippen molar-refractivity contribution in [1.82, 2.24) is 5.16 Å². The van der Waals surface area contributed by atoms with Crippen molar-refractivity contribution in [3.05, 3.63) is 64.0 Å². The third-order valence-corrected chi connectivity index (χ3v) is 3.62. The van der Waals surface area contributed by atoms with Crippen LogP contribution in [-0.4, -0.2) is 11.4 Å². The fourth-order valence-corrected chi connectivity index (χ4v) is 2.09. The number of rotatable bonds is 5. The van der Waals surface area contributed by atoms with Crippen LogP contribution in [0.1, 0.15) is 11.3 Å². The summed E-state index contributed by atoms with van der Waals surface area (Å²) >= 11 is 11.9. The molecule has 7 heteroatoms. The first-order valence-electron chi connectivity index (χ1n) is 6.33. The molecule has 0 aliphatic carbocycles. The topological polar surface area (TPSA) is 60.8 Å². The molecule has 0 N–H and O–H groups in total. The van der Waals surface area contributed by atoms with Crippen LogP contribution in [0, 0.1) is 0 Å². The molecule has 0 saturated heterocycles. The van der Waals surface area contributed by atoms with Crippen LogP contribution in [0.3, 0.4) is 0 Å². The Morgan fingerprint density at radius 1 is 1.18 bits per heavy atom. The quantitative estimate of drug-likeness (QED) is 0.496. The summed E-state index contributed by atoms with van der Waals surface area (Å²) < 4.78 is 10.4. The van der Waals surface area contributed by atoms with Gasteiger partial charge in [0.2, 0.25) is 5.76 Å². The predicted molar refractivity (Wildman–Crippen MR) is 83.1 cm³/mol. The molecule has 0 bridgehead atoms. The monoisotopic (exact) mass is 336 g/mol. The summed E-state index contributed by atoms with van der Waals surface area (Å²) in [5.41, 5.74) is 1.27. The van der Waals surface area contributed by atoms with Crippen LogP contribution in [0.25, 0.3) is 11.5 Å². The van der Waals surface area contributed by atoms with Gasteiger partial charge in [-0.05, 0) is 18.2 Å². The molecule has 0 unspecified atom stereocenters. The van der Waals surface area contributed by atoms with Gasteiger partial charge in [-0.1, -0.05) is 45.6 Å². The van der Waals surface area contributed by atoms with Crippen LogP contribution in [0.2, 0.25) is 10.0 Å². The molecule has 0 aliphatic heterocycles. The molecule has 0 aliphatic rings. The van der Waals surface area contributed by atoms with Gasteiger partial charge in [-0.15, -0.1) is 0 Å². The van der Waals surface area contributed by atoms with Gasteiger partial charge in [-0.3, -0.25) is 0 Å². The molecule has 0 radical (unpaired) electrons. The second kappa shape index (κ2) is 6.68. The van der Waals surface area contributed by atoms with Gasteiger partial charge in [-0.2, -0.15) is 0 Å². The van der Waals surface area contributed by atoms with E-state index in [9.17, 15) is 0 Å². The highest BCUT2D eigenvalue weighted by Gasteiger charge is 2.09. The number of hydrogen-bond donors (Lipinski definition) is 0. The smallest absolute Gasteiger partial charge is 0.202 e. The average Bonchev–Trinajstić information content (AvgIpc) is 3.18. The molecule has 2 heterocycles. The zero-order valence-corrected chi connectivity index (χ0v) is 12.7. The summed E-state index contributed by atoms with van der Waals surface area (Å²) in [6.07, 6.45) is 3.05. The second-order valence-electron chi connectivity index (χ2n) is 4.31. The van der Waals surface area contributed by atoms with Gasteiger partial charge in [0, 0.05) is 11.6 Å². The Hall–Kier alpha value is -2.24. The van der Waals surface area contributed by atoms with Gasteiger partial charge in [0.25, 0.3) is 0 Å². The van der Waals surface area contributed by atoms with Gasteiger partial charge in [0.1, 0.15) is 5.69 Å². The van der Waals surface area contributed by atoms with E-state index in [4.69, 9.17) is 37.0 Å². The van der Waals surface area contributed by atoms with Crippen molar-refractivity contribution in [2.45, 2.75) is 6.61 Å². The van der Waals surface area contributed by atoms with Crippen LogP contribution in [0.15, 0.2) is 56.8 Å². The second-order valence-corrected chi connectivity index (χ2v) is 5.10. The lowest BCUT2D eigenvalue weighted by Gasteiger charge is -1.99. The third-order valence-electron chi connectivity index (χ3n) is 2.78. The SMILES string of the molecule is Clc1cccc(/C=N\OCc2cc(-c3ccco3)on2)c1Cl. The maximum Gasteiger partial charge on any atom is 0.202 e. The number of halogens is 2. The van der Waals surface area contributed by atoms with Crippen molar-refractivity contribution in [1.29, 1.82) is 0 Å². The Morgan fingerprint density at radius 3 is 2.91 bits per heavy atom. The van der Waals surface area contributed by atoms with Gasteiger partial charge < -0.3 is 13.8 Å². The number of oxime groups is 1. The van der Waals surface area contributed by atoms with E-state index in [1.807, 2.05) is 0 Å². The van der Waals surface area contributed by atoms with Gasteiger partial charge in [-0.25, -0.2) is 0 Å². The predicted octanol–water partition coefficient (Wildman–Crippen LogP) is 4.79. The lowest BCUT2D eigenvalue weighted by atomic mass is 10.2. The molecule has 2 aromatic heterocycles. The molecule has 0 spiro atoms. The minimum absolute atomic E-state index is 0.166. The summed E-state index contributed by atoms with van der Waals surface area (Å²) in [5, 5.41) is 8.60. The first-order valence-corrected chi connectivity index (χ1v) is 7.08. The Kier molecular flexibility index (Phi) is 4.46. The van der Waals surface area contributed by atoms with Crippen molar-refractivity contribution >= 4 is 29.4 Å². The standard InChI is InChI=1S/C15H10Cl2N2O3/c16-12-4-1-3-10(15(12)17)8-18-21-9-11-7-14(22-19-11)13-5-2-6-20-13/h1-8H,9H2/b18-8-. The summed E-state index contributed by atoms with van der Waals surface area (Å²) in [4.78, 5) is 5.16. The van der Waals surface area contributed by atoms with E-state index in [2.05, 4.69) is 10.3 Å². The fourth-order valence-electron chi connectivity index (χ4n) is 1.73. The van der Waals surface area contributed by atoms with Crippen molar-refractivity contribution in [3.8, 4) is 11.5 Å². The number of benzene rings is 1. The molecule has 112 valence electrons. The summed E-state index contributed by atoms with van der Waals surface area (Å²) in [7, 11) is 0. The molecule has 0 fully saturated rings. The molecule has 0 amide bonds. The minimum atomic E-state index is 0.166. The van der Waals surface area contributed by atoms with Crippen molar-refractivity contribution < 1.29 is 13.8 Å². The van der Waals surface area contributed by atoms with Gasteiger partial charge >= 0.3 is 0 Å². The van der Waals surface area contributed by atoms with Crippen molar-refractivity contribution in [2.75, 3.05) is 0 Å². The third kappa shape index (κ3) is 3.32. The fraction of sp³-hybridized carbons (Fsp3) is 0.0667. The largest absolute Gasteiger partial charge is 0.461 e. The maximum atomic E-state index is 6.03. The van der Waals surface area contributed by atoms with E-state index in [1.165, 1.54) is 6.21 Å². The molecule has 3 rings (SSSR count). The molecule has 3 aromatic rings. The first kappa shape index (κ1) is 14.7. The van der Waals surface area contributed by atoms with Crippen molar-refractivity contribution in [2.24, 2.45) is 5.16 Å². The molecule has 0 saturated carbocycles. The normalized spacial score (nSPS) is 11.2. The first-order chi connectivity index (χ1) is 10.7. The van der Waals surface area contributed by atoms with Crippen LogP contribution < -0.4 is 0 Å². The zero-order valence-electron chi connectivity index (χ0n) is 11.2. The molecule has 22 heavy (non-hydrogen) atoms. The number of hydrogen-bond acceptors (Lipinski definition) is 5. The van der Waals surface area contributed by atoms with Gasteiger partial charge in [0.05, 0.1) is 22.5 Å². The van der Waals surface area contributed by atoms with Gasteiger partial charge in [0.15, 0.2) is 12.4 Å². The zero-order chi connectivity index (χ0) is 15.4. The van der Waals surface area contributed by atoms with Crippen LogP contribution >= 0.6 is 23.2 Å². The number of furan rings is 1. The Labute approximate surface area is 136 Å². The highest BCUT2D eigenvalue weighted by molar-refractivity contribution is 6.43. The average molecular weight is 337 g/mol. The lowest BCUT2D eigenvalue weighted by molar-refractivity contribution is 0.126. The lowest BCUT2D eigenvalue weighted by Crippen LogP contribution is -1.89. The number of aromatic nitrogens is 1. The van der Waals surface area contributed by atoms with E-state index in [-0.39, 0.29) is 6.61 Å². The van der Waals surface area contributed by atoms with Crippen LogP contribution in [-0.2, 0) is 11.4 Å². The minimum Gasteiger partial charge on any atom is -0.461 e. The summed E-state index contributed by atoms with van der Waals surface area (Å²) in [6, 6.07) is 10.5. The van der Waals surface area contributed by atoms with E-state index >= 15 is 0 Å². The highest BCUT2D eigenvalue weighted by Crippen LogP contribution is 2.24. The molecular formula is C15H10Cl2N2O3. The Bertz CT molecular complexity index is 782. The summed E-state index contributed by atoms with van der Waals surface area (Å²) in [6.45, 7) is 0.166. The Morgan fingerprint density at radius 2 is 2.09 bits per heavy atom. The Balaban J connectivity index is 1.59. The van der Waals surface area contributed by atoms with Crippen molar-refractivity contribution in [3.63, 3.8) is 0 Å². The highest BCUT2D eigenvalue weighted by atomic mass is 35.5. The van der Waals surface area contributed by atoms with E-state index < -0.39 is 0 Å².